The minimum Gasteiger partial charge on any atom is -0.375 e. The molecule has 0 fully saturated rings. The molecule has 0 saturated carbocycles. The van der Waals surface area contributed by atoms with Crippen LogP contribution in [0.2, 0.25) is 0 Å². The average Bonchev–Trinajstić information content (AvgIpc) is 3.03. The van der Waals surface area contributed by atoms with Gasteiger partial charge in [0.25, 0.3) is 0 Å². The summed E-state index contributed by atoms with van der Waals surface area (Å²) in [6, 6.07) is 10.7. The fourth-order valence-electron chi connectivity index (χ4n) is 2.96. The summed E-state index contributed by atoms with van der Waals surface area (Å²) >= 11 is 1.53. The van der Waals surface area contributed by atoms with Crippen molar-refractivity contribution < 1.29 is 0 Å². The Bertz CT molecular complexity index is 1010. The van der Waals surface area contributed by atoms with E-state index in [-0.39, 0.29) is 0 Å². The van der Waals surface area contributed by atoms with E-state index in [1.54, 1.807) is 0 Å². The molecule has 0 spiro atoms. The smallest absolute Gasteiger partial charge is 0.181 e. The van der Waals surface area contributed by atoms with Crippen LogP contribution in [0.3, 0.4) is 0 Å². The molecule has 0 atom stereocenters. The summed E-state index contributed by atoms with van der Waals surface area (Å²) in [5.41, 5.74) is 12.7. The van der Waals surface area contributed by atoms with Crippen LogP contribution in [-0.4, -0.2) is 14.4 Å². The van der Waals surface area contributed by atoms with E-state index in [1.165, 1.54) is 28.2 Å². The van der Waals surface area contributed by atoms with Gasteiger partial charge in [-0.15, -0.1) is 0 Å². The Morgan fingerprint density at radius 2 is 1.96 bits per heavy atom. The second-order valence-corrected chi connectivity index (χ2v) is 6.99. The molecule has 23 heavy (non-hydrogen) atoms. The first kappa shape index (κ1) is 14.2. The van der Waals surface area contributed by atoms with Crippen LogP contribution in [0.4, 0.5) is 5.13 Å². The Kier molecular flexibility index (Phi) is 3.31. The zero-order chi connectivity index (χ0) is 16.0. The lowest BCUT2D eigenvalue weighted by Crippen LogP contribution is -1.95. The molecule has 4 nitrogen and oxygen atoms in total. The van der Waals surface area contributed by atoms with Crippen molar-refractivity contribution in [3.05, 3.63) is 59.0 Å². The maximum atomic E-state index is 5.78. The van der Waals surface area contributed by atoms with Crippen molar-refractivity contribution in [2.24, 2.45) is 0 Å². The zero-order valence-electron chi connectivity index (χ0n) is 13.2. The van der Waals surface area contributed by atoms with Gasteiger partial charge in [0.1, 0.15) is 5.65 Å². The standard InChI is InChI=1S/C18H18N4S/c1-11-7-8-22-12(2)14(20-17(22)9-11)5-3-13-4-6-16-15(10-13)21-18(19)23-16/h4,6-10H,3,5H2,1-2H3,(H2,19,21). The SMILES string of the molecule is Cc1ccn2c(C)c(CCc3ccc4sc(N)nc4c3)nc2c1. The Morgan fingerprint density at radius 1 is 1.09 bits per heavy atom. The summed E-state index contributed by atoms with van der Waals surface area (Å²) in [6.45, 7) is 4.23. The van der Waals surface area contributed by atoms with Crippen LogP contribution in [0.25, 0.3) is 15.9 Å². The van der Waals surface area contributed by atoms with Crippen molar-refractivity contribution in [3.8, 4) is 0 Å². The number of anilines is 1. The third kappa shape index (κ3) is 2.57. The molecule has 2 N–H and O–H groups in total. The zero-order valence-corrected chi connectivity index (χ0v) is 14.0. The molecule has 0 radical (unpaired) electrons. The first-order valence-corrected chi connectivity index (χ1v) is 8.51. The third-order valence-corrected chi connectivity index (χ3v) is 5.10. The molecular formula is C18H18N4S. The second kappa shape index (κ2) is 5.35. The summed E-state index contributed by atoms with van der Waals surface area (Å²) in [7, 11) is 0. The highest BCUT2D eigenvalue weighted by Gasteiger charge is 2.09. The number of aryl methyl sites for hydroxylation is 4. The van der Waals surface area contributed by atoms with Gasteiger partial charge in [-0.1, -0.05) is 17.4 Å². The molecule has 3 aromatic heterocycles. The summed E-state index contributed by atoms with van der Waals surface area (Å²) in [5.74, 6) is 0. The van der Waals surface area contributed by atoms with E-state index >= 15 is 0 Å². The normalized spacial score (nSPS) is 11.6. The number of hydrogen-bond acceptors (Lipinski definition) is 4. The molecule has 1 aromatic carbocycles. The van der Waals surface area contributed by atoms with Gasteiger partial charge in [-0.2, -0.15) is 0 Å². The summed E-state index contributed by atoms with van der Waals surface area (Å²) in [6.07, 6.45) is 3.98. The van der Waals surface area contributed by atoms with Crippen molar-refractivity contribution in [1.82, 2.24) is 14.4 Å². The lowest BCUT2D eigenvalue weighted by molar-refractivity contribution is 0.912. The van der Waals surface area contributed by atoms with Crippen molar-refractivity contribution >= 4 is 32.3 Å². The Labute approximate surface area is 138 Å². The first-order valence-electron chi connectivity index (χ1n) is 7.69. The lowest BCUT2D eigenvalue weighted by atomic mass is 10.1. The minimum absolute atomic E-state index is 0.628. The van der Waals surface area contributed by atoms with Gasteiger partial charge < -0.3 is 10.1 Å². The van der Waals surface area contributed by atoms with E-state index in [0.29, 0.717) is 5.13 Å². The molecule has 116 valence electrons. The van der Waals surface area contributed by atoms with Crippen molar-refractivity contribution in [2.75, 3.05) is 5.73 Å². The molecule has 4 aromatic rings. The number of pyridine rings is 1. The summed E-state index contributed by atoms with van der Waals surface area (Å²) in [5, 5.41) is 0.628. The van der Waals surface area contributed by atoms with Crippen LogP contribution in [0, 0.1) is 13.8 Å². The van der Waals surface area contributed by atoms with Crippen molar-refractivity contribution in [3.63, 3.8) is 0 Å². The summed E-state index contributed by atoms with van der Waals surface area (Å²) in [4.78, 5) is 9.15. The number of nitrogens with two attached hydrogens (primary N) is 1. The van der Waals surface area contributed by atoms with Crippen molar-refractivity contribution in [2.45, 2.75) is 26.7 Å². The van der Waals surface area contributed by atoms with Gasteiger partial charge >= 0.3 is 0 Å². The number of rotatable bonds is 3. The van der Waals surface area contributed by atoms with E-state index in [4.69, 9.17) is 10.7 Å². The van der Waals surface area contributed by atoms with Crippen LogP contribution >= 0.6 is 11.3 Å². The van der Waals surface area contributed by atoms with E-state index in [2.05, 4.69) is 59.8 Å². The molecule has 4 rings (SSSR count). The van der Waals surface area contributed by atoms with E-state index in [1.807, 2.05) is 0 Å². The number of thiazole rings is 1. The van der Waals surface area contributed by atoms with E-state index < -0.39 is 0 Å². The van der Waals surface area contributed by atoms with Crippen LogP contribution in [0.1, 0.15) is 22.5 Å². The Balaban J connectivity index is 1.61. The van der Waals surface area contributed by atoms with Crippen molar-refractivity contribution in [1.29, 1.82) is 0 Å². The fraction of sp³-hybridized carbons (Fsp3) is 0.222. The number of nitrogens with zero attached hydrogens (tertiary/aromatic N) is 3. The predicted molar refractivity (Wildman–Crippen MR) is 96.1 cm³/mol. The lowest BCUT2D eigenvalue weighted by Gasteiger charge is -2.01. The molecule has 0 amide bonds. The number of aromatic nitrogens is 3. The van der Waals surface area contributed by atoms with Gasteiger partial charge in [0.2, 0.25) is 0 Å². The maximum Gasteiger partial charge on any atom is 0.181 e. The van der Waals surface area contributed by atoms with Gasteiger partial charge in [0.05, 0.1) is 15.9 Å². The number of benzene rings is 1. The van der Waals surface area contributed by atoms with Gasteiger partial charge in [0, 0.05) is 11.9 Å². The highest BCUT2D eigenvalue weighted by Crippen LogP contribution is 2.25. The highest BCUT2D eigenvalue weighted by atomic mass is 32.1. The molecule has 0 saturated heterocycles. The topological polar surface area (TPSA) is 56.2 Å². The molecule has 0 unspecified atom stereocenters. The van der Waals surface area contributed by atoms with Gasteiger partial charge in [-0.3, -0.25) is 0 Å². The number of nitrogen functional groups attached to an aromatic ring is 1. The van der Waals surface area contributed by atoms with Crippen LogP contribution in [0.5, 0.6) is 0 Å². The second-order valence-electron chi connectivity index (χ2n) is 5.93. The maximum absolute atomic E-state index is 5.78. The van der Waals surface area contributed by atoms with Crippen LogP contribution in [-0.2, 0) is 12.8 Å². The molecule has 0 aliphatic rings. The molecular weight excluding hydrogens is 304 g/mol. The fourth-order valence-corrected chi connectivity index (χ4v) is 3.68. The van der Waals surface area contributed by atoms with E-state index in [0.717, 1.165) is 34.4 Å². The van der Waals surface area contributed by atoms with Crippen LogP contribution in [0.15, 0.2) is 36.5 Å². The average molecular weight is 322 g/mol. The molecule has 0 bridgehead atoms. The van der Waals surface area contributed by atoms with Gasteiger partial charge in [-0.05, 0) is 62.1 Å². The highest BCUT2D eigenvalue weighted by molar-refractivity contribution is 7.22. The number of imidazole rings is 1. The Morgan fingerprint density at radius 3 is 2.83 bits per heavy atom. The number of fused-ring (bicyclic) bond motifs is 2. The van der Waals surface area contributed by atoms with Gasteiger partial charge in [-0.25, -0.2) is 9.97 Å². The largest absolute Gasteiger partial charge is 0.375 e. The predicted octanol–water partition coefficient (Wildman–Crippen LogP) is 3.93. The molecule has 0 aliphatic carbocycles. The minimum atomic E-state index is 0.628. The van der Waals surface area contributed by atoms with Gasteiger partial charge in [0.15, 0.2) is 5.13 Å². The van der Waals surface area contributed by atoms with E-state index in [9.17, 15) is 0 Å². The quantitative estimate of drug-likeness (QED) is 0.622. The Hall–Kier alpha value is -2.40. The first-order chi connectivity index (χ1) is 11.1. The third-order valence-electron chi connectivity index (χ3n) is 4.24. The number of hydrogen-bond donors (Lipinski definition) is 1. The monoisotopic (exact) mass is 322 g/mol. The van der Waals surface area contributed by atoms with Crippen LogP contribution < -0.4 is 5.73 Å². The molecule has 3 heterocycles. The molecule has 5 heteroatoms. The molecule has 0 aliphatic heterocycles. The summed E-state index contributed by atoms with van der Waals surface area (Å²) < 4.78 is 3.30.